The third-order valence-corrected chi connectivity index (χ3v) is 16.9. The number of hydrogen-bond acceptors (Lipinski definition) is 4. The standard InChI is InChI=1S/C76H46N8/c77-47-61-53(34-21-39-66(61)83-64-37-19-15-32-59(64)70-67(83)44-42-57-54-30-13-17-35-62(54)81(72(57)70)51-26-9-3-10-27-51)56-41-40-50(76-79-74(48-22-5-1-6-23-48)78-75(80-76)49-24-7-2-8-25-49)46-69(56)84-65-38-20-16-33-60(65)71-68(84)45-43-58-55-31-14-18-36-63(55)82(73(58)71)52-28-11-4-12-29-52/h1-46H. The van der Waals surface area contributed by atoms with Crippen LogP contribution in [0.3, 0.4) is 0 Å². The van der Waals surface area contributed by atoms with Crippen LogP contribution in [0.15, 0.2) is 279 Å². The molecule has 0 atom stereocenters. The summed E-state index contributed by atoms with van der Waals surface area (Å²) in [6.07, 6.45) is 0. The minimum Gasteiger partial charge on any atom is -0.309 e. The number of para-hydroxylation sites is 6. The van der Waals surface area contributed by atoms with Crippen LogP contribution in [0.2, 0.25) is 0 Å². The van der Waals surface area contributed by atoms with Crippen LogP contribution in [0.4, 0.5) is 0 Å². The minimum absolute atomic E-state index is 0.529. The fourth-order valence-corrected chi connectivity index (χ4v) is 13.3. The number of hydrogen-bond donors (Lipinski definition) is 0. The number of nitrogens with zero attached hydrogens (tertiary/aromatic N) is 8. The van der Waals surface area contributed by atoms with Crippen LogP contribution in [0.5, 0.6) is 0 Å². The molecule has 8 nitrogen and oxygen atoms in total. The summed E-state index contributed by atoms with van der Waals surface area (Å²) in [5.41, 5.74) is 17.2. The lowest BCUT2D eigenvalue weighted by atomic mass is 9.95. The van der Waals surface area contributed by atoms with Gasteiger partial charge in [-0.2, -0.15) is 5.26 Å². The van der Waals surface area contributed by atoms with E-state index >= 15 is 0 Å². The maximum absolute atomic E-state index is 12.0. The number of nitriles is 1. The summed E-state index contributed by atoms with van der Waals surface area (Å²) in [5.74, 6) is 1.68. The number of benzene rings is 12. The smallest absolute Gasteiger partial charge is 0.164 e. The van der Waals surface area contributed by atoms with Crippen molar-refractivity contribution in [1.29, 1.82) is 5.26 Å². The summed E-state index contributed by atoms with van der Waals surface area (Å²) in [5, 5.41) is 21.1. The highest BCUT2D eigenvalue weighted by molar-refractivity contribution is 6.28. The van der Waals surface area contributed by atoms with E-state index < -0.39 is 0 Å². The molecular formula is C76H46N8. The second-order valence-electron chi connectivity index (χ2n) is 21.4. The molecule has 8 heteroatoms. The van der Waals surface area contributed by atoms with Gasteiger partial charge in [0.25, 0.3) is 0 Å². The Hall–Kier alpha value is -11.7. The number of rotatable bonds is 8. The van der Waals surface area contributed by atoms with Crippen molar-refractivity contribution in [2.75, 3.05) is 0 Å². The van der Waals surface area contributed by atoms with Crippen LogP contribution >= 0.6 is 0 Å². The molecule has 0 spiro atoms. The SMILES string of the molecule is N#Cc1c(-c2ccc(-c3nc(-c4ccccc4)nc(-c4ccccc4)n3)cc2-n2c3ccccc3c3c2ccc2c4ccccc4n(-c4ccccc4)c23)cccc1-n1c2ccccc2c2c1ccc1c3ccccc3n(-c3ccccc3)c12. The molecule has 17 aromatic rings. The molecular weight excluding hydrogens is 1020 g/mol. The summed E-state index contributed by atoms with van der Waals surface area (Å²) in [6.45, 7) is 0. The van der Waals surface area contributed by atoms with Gasteiger partial charge in [-0.1, -0.05) is 206 Å². The minimum atomic E-state index is 0.529. The highest BCUT2D eigenvalue weighted by Crippen LogP contribution is 2.47. The zero-order valence-electron chi connectivity index (χ0n) is 45.1. The van der Waals surface area contributed by atoms with Gasteiger partial charge in [-0.3, -0.25) is 0 Å². The molecule has 0 fully saturated rings. The first-order valence-electron chi connectivity index (χ1n) is 28.3. The van der Waals surface area contributed by atoms with Crippen molar-refractivity contribution in [1.82, 2.24) is 33.2 Å². The Morgan fingerprint density at radius 2 is 0.679 bits per heavy atom. The van der Waals surface area contributed by atoms with E-state index in [-0.39, 0.29) is 0 Å². The van der Waals surface area contributed by atoms with Gasteiger partial charge in [0.15, 0.2) is 17.5 Å². The van der Waals surface area contributed by atoms with Crippen LogP contribution < -0.4 is 0 Å². The fraction of sp³-hybridized carbons (Fsp3) is 0. The number of aromatic nitrogens is 7. The van der Waals surface area contributed by atoms with E-state index in [1.165, 1.54) is 16.2 Å². The first kappa shape index (κ1) is 47.2. The Labute approximate surface area is 481 Å². The summed E-state index contributed by atoms with van der Waals surface area (Å²) in [4.78, 5) is 15.6. The lowest BCUT2D eigenvalue weighted by molar-refractivity contribution is 1.07. The van der Waals surface area contributed by atoms with E-state index in [0.717, 1.165) is 122 Å². The van der Waals surface area contributed by atoms with Gasteiger partial charge >= 0.3 is 0 Å². The Balaban J connectivity index is 0.968. The second-order valence-corrected chi connectivity index (χ2v) is 21.4. The van der Waals surface area contributed by atoms with Crippen LogP contribution in [0.25, 0.3) is 155 Å². The summed E-state index contributed by atoms with van der Waals surface area (Å²) in [6, 6.07) is 101. The molecule has 0 amide bonds. The number of fused-ring (bicyclic) bond motifs is 14. The molecule has 0 bridgehead atoms. The van der Waals surface area contributed by atoms with Gasteiger partial charge in [0.05, 0.1) is 61.1 Å². The highest BCUT2D eigenvalue weighted by Gasteiger charge is 2.27. The molecule has 0 aliphatic heterocycles. The van der Waals surface area contributed by atoms with Gasteiger partial charge in [0.2, 0.25) is 0 Å². The summed E-state index contributed by atoms with van der Waals surface area (Å²) < 4.78 is 9.50. The molecule has 390 valence electrons. The third-order valence-electron chi connectivity index (χ3n) is 16.9. The Morgan fingerprint density at radius 3 is 1.15 bits per heavy atom. The Morgan fingerprint density at radius 1 is 0.274 bits per heavy atom. The predicted molar refractivity (Wildman–Crippen MR) is 344 cm³/mol. The molecule has 17 rings (SSSR count). The molecule has 84 heavy (non-hydrogen) atoms. The first-order valence-corrected chi connectivity index (χ1v) is 28.3. The van der Waals surface area contributed by atoms with Crippen molar-refractivity contribution >= 4 is 87.2 Å². The quantitative estimate of drug-likeness (QED) is 0.152. The molecule has 0 saturated heterocycles. The predicted octanol–water partition coefficient (Wildman–Crippen LogP) is 18.8. The molecule has 0 radical (unpaired) electrons. The van der Waals surface area contributed by atoms with Crippen LogP contribution in [0.1, 0.15) is 5.56 Å². The normalized spacial score (nSPS) is 11.8. The molecule has 5 aromatic heterocycles. The van der Waals surface area contributed by atoms with Crippen molar-refractivity contribution in [3.05, 3.63) is 285 Å². The van der Waals surface area contributed by atoms with Gasteiger partial charge in [-0.05, 0) is 72.8 Å². The topological polar surface area (TPSA) is 82.2 Å². The molecule has 0 aliphatic rings. The third kappa shape index (κ3) is 7.03. The van der Waals surface area contributed by atoms with Crippen molar-refractivity contribution in [3.63, 3.8) is 0 Å². The van der Waals surface area contributed by atoms with E-state index in [1.54, 1.807) is 0 Å². The van der Waals surface area contributed by atoms with Crippen molar-refractivity contribution in [3.8, 4) is 74.1 Å². The van der Waals surface area contributed by atoms with Gasteiger partial charge in [0.1, 0.15) is 6.07 Å². The largest absolute Gasteiger partial charge is 0.309 e. The van der Waals surface area contributed by atoms with E-state index in [1.807, 2.05) is 60.7 Å². The summed E-state index contributed by atoms with van der Waals surface area (Å²) in [7, 11) is 0. The summed E-state index contributed by atoms with van der Waals surface area (Å²) >= 11 is 0. The zero-order valence-corrected chi connectivity index (χ0v) is 45.1. The van der Waals surface area contributed by atoms with Gasteiger partial charge in [0, 0.05) is 82.3 Å². The van der Waals surface area contributed by atoms with Crippen molar-refractivity contribution in [2.45, 2.75) is 0 Å². The molecule has 5 heterocycles. The van der Waals surface area contributed by atoms with Crippen LogP contribution in [0, 0.1) is 11.3 Å². The Kier molecular flexibility index (Phi) is 10.5. The van der Waals surface area contributed by atoms with Crippen LogP contribution in [-0.2, 0) is 0 Å². The van der Waals surface area contributed by atoms with E-state index in [9.17, 15) is 5.26 Å². The monoisotopic (exact) mass is 1070 g/mol. The zero-order chi connectivity index (χ0) is 55.4. The van der Waals surface area contributed by atoms with E-state index in [0.29, 0.717) is 23.0 Å². The average Bonchev–Trinajstić information content (AvgIpc) is 2.40. The van der Waals surface area contributed by atoms with Crippen molar-refractivity contribution < 1.29 is 0 Å². The second kappa shape index (κ2) is 18.7. The molecule has 0 aliphatic carbocycles. The maximum atomic E-state index is 12.0. The van der Waals surface area contributed by atoms with Gasteiger partial charge < -0.3 is 18.3 Å². The van der Waals surface area contributed by atoms with Crippen LogP contribution in [-0.4, -0.2) is 33.2 Å². The molecule has 12 aromatic carbocycles. The average molecular weight is 1070 g/mol. The van der Waals surface area contributed by atoms with E-state index in [4.69, 9.17) is 15.0 Å². The van der Waals surface area contributed by atoms with Crippen molar-refractivity contribution in [2.24, 2.45) is 0 Å². The first-order chi connectivity index (χ1) is 41.7. The fourth-order valence-electron chi connectivity index (χ4n) is 13.3. The molecule has 0 N–H and O–H groups in total. The van der Waals surface area contributed by atoms with E-state index in [2.05, 4.69) is 243 Å². The molecule has 0 unspecified atom stereocenters. The maximum Gasteiger partial charge on any atom is 0.164 e. The lowest BCUT2D eigenvalue weighted by Crippen LogP contribution is -2.04. The van der Waals surface area contributed by atoms with Gasteiger partial charge in [-0.25, -0.2) is 15.0 Å². The lowest BCUT2D eigenvalue weighted by Gasteiger charge is -2.19. The Bertz CT molecular complexity index is 5490. The molecule has 0 saturated carbocycles. The highest BCUT2D eigenvalue weighted by atomic mass is 15.1. The van der Waals surface area contributed by atoms with Gasteiger partial charge in [-0.15, -0.1) is 0 Å².